The molecule has 124 valence electrons. The van der Waals surface area contributed by atoms with E-state index in [4.69, 9.17) is 0 Å². The van der Waals surface area contributed by atoms with Crippen molar-refractivity contribution in [1.29, 1.82) is 0 Å². The molecule has 1 fully saturated rings. The SMILES string of the molecule is O=C(NCC(F)(F)F)c1ccc2c(c1)[nH]c(=O)n2C1CCCC1. The number of hydrogen-bond donors (Lipinski definition) is 2. The zero-order chi connectivity index (χ0) is 16.6. The monoisotopic (exact) mass is 327 g/mol. The molecular weight excluding hydrogens is 311 g/mol. The van der Waals surface area contributed by atoms with Gasteiger partial charge in [-0.15, -0.1) is 0 Å². The number of H-pyrrole nitrogens is 1. The van der Waals surface area contributed by atoms with Crippen molar-refractivity contribution in [3.05, 3.63) is 34.2 Å². The number of aromatic amines is 1. The molecule has 0 bridgehead atoms. The first-order valence-corrected chi connectivity index (χ1v) is 7.44. The Bertz CT molecular complexity index is 785. The Hall–Kier alpha value is -2.25. The number of carbonyl (C=O) groups excluding carboxylic acids is 1. The molecular formula is C15H16F3N3O2. The number of carbonyl (C=O) groups is 1. The predicted octanol–water partition coefficient (Wildman–Crippen LogP) is 2.74. The van der Waals surface area contributed by atoms with Crippen molar-refractivity contribution < 1.29 is 18.0 Å². The van der Waals surface area contributed by atoms with Crippen LogP contribution in [0.4, 0.5) is 13.2 Å². The molecule has 2 aromatic rings. The fraction of sp³-hybridized carbons (Fsp3) is 0.467. The number of alkyl halides is 3. The number of amides is 1. The molecule has 0 aliphatic heterocycles. The van der Waals surface area contributed by atoms with Crippen LogP contribution in [0.2, 0.25) is 0 Å². The minimum Gasteiger partial charge on any atom is -0.343 e. The number of nitrogens with one attached hydrogen (secondary N) is 2. The molecule has 1 amide bonds. The second-order valence-corrected chi connectivity index (χ2v) is 5.77. The maximum Gasteiger partial charge on any atom is 0.405 e. The van der Waals surface area contributed by atoms with Crippen molar-refractivity contribution in [1.82, 2.24) is 14.9 Å². The van der Waals surface area contributed by atoms with Crippen LogP contribution in [0.25, 0.3) is 11.0 Å². The van der Waals surface area contributed by atoms with Crippen LogP contribution in [0.5, 0.6) is 0 Å². The maximum absolute atomic E-state index is 12.1. The number of fused-ring (bicyclic) bond motifs is 1. The molecule has 1 heterocycles. The van der Waals surface area contributed by atoms with E-state index >= 15 is 0 Å². The summed E-state index contributed by atoms with van der Waals surface area (Å²) in [5.41, 5.74) is 0.970. The summed E-state index contributed by atoms with van der Waals surface area (Å²) in [6, 6.07) is 4.59. The van der Waals surface area contributed by atoms with E-state index in [1.54, 1.807) is 10.6 Å². The van der Waals surface area contributed by atoms with E-state index < -0.39 is 18.6 Å². The highest BCUT2D eigenvalue weighted by atomic mass is 19.4. The molecule has 1 aliphatic carbocycles. The molecule has 1 saturated carbocycles. The third kappa shape index (κ3) is 3.25. The minimum atomic E-state index is -4.46. The number of hydrogen-bond acceptors (Lipinski definition) is 2. The van der Waals surface area contributed by atoms with Crippen molar-refractivity contribution >= 4 is 16.9 Å². The van der Waals surface area contributed by atoms with Gasteiger partial charge in [-0.1, -0.05) is 12.8 Å². The van der Waals surface area contributed by atoms with E-state index in [0.29, 0.717) is 11.0 Å². The van der Waals surface area contributed by atoms with Crippen LogP contribution in [-0.4, -0.2) is 28.2 Å². The number of nitrogens with zero attached hydrogens (tertiary/aromatic N) is 1. The van der Waals surface area contributed by atoms with Crippen molar-refractivity contribution in [2.45, 2.75) is 37.9 Å². The van der Waals surface area contributed by atoms with E-state index in [1.807, 2.05) is 5.32 Å². The molecule has 1 aromatic carbocycles. The lowest BCUT2D eigenvalue weighted by Gasteiger charge is -2.11. The van der Waals surface area contributed by atoms with Crippen molar-refractivity contribution in [3.63, 3.8) is 0 Å². The van der Waals surface area contributed by atoms with E-state index in [2.05, 4.69) is 4.98 Å². The third-order valence-corrected chi connectivity index (χ3v) is 4.12. The standard InChI is InChI=1S/C15H16F3N3O2/c16-15(17,18)8-19-13(22)9-5-6-12-11(7-9)20-14(23)21(12)10-3-1-2-4-10/h5-7,10H,1-4,8H2,(H,19,22)(H,20,23). The van der Waals surface area contributed by atoms with Crippen LogP contribution in [-0.2, 0) is 0 Å². The third-order valence-electron chi connectivity index (χ3n) is 4.12. The van der Waals surface area contributed by atoms with E-state index in [9.17, 15) is 22.8 Å². The Morgan fingerprint density at radius 3 is 2.65 bits per heavy atom. The Balaban J connectivity index is 1.88. The van der Waals surface area contributed by atoms with Gasteiger partial charge in [-0.2, -0.15) is 13.2 Å². The first-order valence-electron chi connectivity index (χ1n) is 7.44. The lowest BCUT2D eigenvalue weighted by molar-refractivity contribution is -0.123. The first-order chi connectivity index (χ1) is 10.8. The van der Waals surface area contributed by atoms with Gasteiger partial charge in [0.05, 0.1) is 11.0 Å². The van der Waals surface area contributed by atoms with Crippen molar-refractivity contribution in [2.75, 3.05) is 6.54 Å². The van der Waals surface area contributed by atoms with Gasteiger partial charge in [0.15, 0.2) is 0 Å². The van der Waals surface area contributed by atoms with Gasteiger partial charge in [-0.3, -0.25) is 9.36 Å². The smallest absolute Gasteiger partial charge is 0.343 e. The van der Waals surface area contributed by atoms with Gasteiger partial charge >= 0.3 is 11.9 Å². The van der Waals surface area contributed by atoms with E-state index in [-0.39, 0.29) is 17.3 Å². The Kier molecular flexibility index (Phi) is 3.91. The van der Waals surface area contributed by atoms with Crippen molar-refractivity contribution in [2.24, 2.45) is 0 Å². The van der Waals surface area contributed by atoms with Crippen LogP contribution in [0.15, 0.2) is 23.0 Å². The van der Waals surface area contributed by atoms with Gasteiger partial charge in [-0.05, 0) is 31.0 Å². The first kappa shape index (κ1) is 15.6. The van der Waals surface area contributed by atoms with Gasteiger partial charge in [0.25, 0.3) is 5.91 Å². The fourth-order valence-electron chi connectivity index (χ4n) is 3.08. The number of rotatable bonds is 3. The summed E-state index contributed by atoms with van der Waals surface area (Å²) in [6.45, 7) is -1.39. The Morgan fingerprint density at radius 2 is 2.00 bits per heavy atom. The molecule has 8 heteroatoms. The molecule has 0 radical (unpaired) electrons. The highest BCUT2D eigenvalue weighted by molar-refractivity contribution is 5.97. The zero-order valence-corrected chi connectivity index (χ0v) is 12.2. The summed E-state index contributed by atoms with van der Waals surface area (Å²) in [5, 5.41) is 1.82. The quantitative estimate of drug-likeness (QED) is 0.910. The van der Waals surface area contributed by atoms with Crippen LogP contribution < -0.4 is 11.0 Å². The van der Waals surface area contributed by atoms with E-state index in [0.717, 1.165) is 25.7 Å². The largest absolute Gasteiger partial charge is 0.405 e. The second kappa shape index (κ2) is 5.75. The molecule has 0 atom stereocenters. The molecule has 0 saturated heterocycles. The Labute approximate surface area is 129 Å². The highest BCUT2D eigenvalue weighted by Crippen LogP contribution is 2.30. The number of imidazole rings is 1. The lowest BCUT2D eigenvalue weighted by Crippen LogP contribution is -2.33. The number of benzene rings is 1. The topological polar surface area (TPSA) is 66.9 Å². The average molecular weight is 327 g/mol. The van der Waals surface area contributed by atoms with Gasteiger partial charge in [0.2, 0.25) is 0 Å². The van der Waals surface area contributed by atoms with Crippen LogP contribution >= 0.6 is 0 Å². The van der Waals surface area contributed by atoms with Gasteiger partial charge in [0.1, 0.15) is 6.54 Å². The molecule has 5 nitrogen and oxygen atoms in total. The molecule has 3 rings (SSSR count). The molecule has 2 N–H and O–H groups in total. The summed E-state index contributed by atoms with van der Waals surface area (Å²) in [6.07, 6.45) is -0.454. The molecule has 23 heavy (non-hydrogen) atoms. The summed E-state index contributed by atoms with van der Waals surface area (Å²) >= 11 is 0. The average Bonchev–Trinajstić information content (AvgIpc) is 3.09. The summed E-state index contributed by atoms with van der Waals surface area (Å²) in [5.74, 6) is -0.821. The zero-order valence-electron chi connectivity index (χ0n) is 12.2. The summed E-state index contributed by atoms with van der Waals surface area (Å²) < 4.78 is 38.1. The van der Waals surface area contributed by atoms with Crippen LogP contribution in [0, 0.1) is 0 Å². The van der Waals surface area contributed by atoms with E-state index in [1.165, 1.54) is 12.1 Å². The van der Waals surface area contributed by atoms with Gasteiger partial charge < -0.3 is 10.3 Å². The van der Waals surface area contributed by atoms with Crippen LogP contribution in [0.3, 0.4) is 0 Å². The van der Waals surface area contributed by atoms with Gasteiger partial charge in [-0.25, -0.2) is 4.79 Å². The normalized spacial score (nSPS) is 16.1. The van der Waals surface area contributed by atoms with Gasteiger partial charge in [0, 0.05) is 11.6 Å². The van der Waals surface area contributed by atoms with Crippen molar-refractivity contribution in [3.8, 4) is 0 Å². The maximum atomic E-state index is 12.1. The molecule has 1 aliphatic rings. The molecule has 1 aromatic heterocycles. The molecule has 0 spiro atoms. The minimum absolute atomic E-state index is 0.0848. The summed E-state index contributed by atoms with van der Waals surface area (Å²) in [4.78, 5) is 26.6. The fourth-order valence-corrected chi connectivity index (χ4v) is 3.08. The molecule has 0 unspecified atom stereocenters. The highest BCUT2D eigenvalue weighted by Gasteiger charge is 2.28. The van der Waals surface area contributed by atoms with Crippen LogP contribution in [0.1, 0.15) is 42.1 Å². The summed E-state index contributed by atoms with van der Waals surface area (Å²) in [7, 11) is 0. The second-order valence-electron chi connectivity index (χ2n) is 5.77. The number of halogens is 3. The lowest BCUT2D eigenvalue weighted by atomic mass is 10.1. The predicted molar refractivity (Wildman–Crippen MR) is 78.5 cm³/mol. The Morgan fingerprint density at radius 1 is 1.30 bits per heavy atom. The number of aromatic nitrogens is 2.